The van der Waals surface area contributed by atoms with E-state index in [0.717, 1.165) is 48.6 Å². The molecule has 2 rings (SSSR count). The summed E-state index contributed by atoms with van der Waals surface area (Å²) in [5, 5.41) is 5.39. The fourth-order valence-corrected chi connectivity index (χ4v) is 3.11. The molecule has 0 spiro atoms. The van der Waals surface area contributed by atoms with Crippen molar-refractivity contribution in [1.82, 2.24) is 9.78 Å². The quantitative estimate of drug-likeness (QED) is 0.899. The standard InChI is InChI=1S/C13H22ClN3/c1-3-10-12(14)11(17(4-2)16-10)9-13(15)7-5-6-8-13/h3-9,15H2,1-2H3. The number of nitrogens with zero attached hydrogens (tertiary/aromatic N) is 2. The lowest BCUT2D eigenvalue weighted by Crippen LogP contribution is -2.39. The van der Waals surface area contributed by atoms with Gasteiger partial charge in [-0.25, -0.2) is 0 Å². The Kier molecular flexibility index (Phi) is 3.79. The first-order chi connectivity index (χ1) is 8.09. The molecule has 3 nitrogen and oxygen atoms in total. The van der Waals surface area contributed by atoms with E-state index in [1.54, 1.807) is 0 Å². The smallest absolute Gasteiger partial charge is 0.0850 e. The van der Waals surface area contributed by atoms with Crippen molar-refractivity contribution in [1.29, 1.82) is 0 Å². The zero-order valence-electron chi connectivity index (χ0n) is 10.8. The Bertz CT molecular complexity index is 392. The van der Waals surface area contributed by atoms with E-state index < -0.39 is 0 Å². The molecule has 0 atom stereocenters. The second kappa shape index (κ2) is 4.99. The number of hydrogen-bond acceptors (Lipinski definition) is 2. The molecule has 1 aromatic rings. The van der Waals surface area contributed by atoms with Crippen LogP contribution < -0.4 is 5.73 Å². The largest absolute Gasteiger partial charge is 0.325 e. The number of hydrogen-bond donors (Lipinski definition) is 1. The Morgan fingerprint density at radius 2 is 2.00 bits per heavy atom. The monoisotopic (exact) mass is 255 g/mol. The lowest BCUT2D eigenvalue weighted by Gasteiger charge is -2.23. The molecule has 2 N–H and O–H groups in total. The molecule has 4 heteroatoms. The van der Waals surface area contributed by atoms with Crippen molar-refractivity contribution >= 4 is 11.6 Å². The second-order valence-electron chi connectivity index (χ2n) is 5.12. The zero-order chi connectivity index (χ0) is 12.5. The van der Waals surface area contributed by atoms with Gasteiger partial charge in [-0.3, -0.25) is 4.68 Å². The van der Waals surface area contributed by atoms with Crippen LogP contribution in [-0.4, -0.2) is 15.3 Å². The van der Waals surface area contributed by atoms with Crippen LogP contribution in [0.2, 0.25) is 5.02 Å². The Hall–Kier alpha value is -0.540. The Labute approximate surface area is 108 Å². The van der Waals surface area contributed by atoms with E-state index in [4.69, 9.17) is 17.3 Å². The summed E-state index contributed by atoms with van der Waals surface area (Å²) in [6, 6.07) is 0. The van der Waals surface area contributed by atoms with Gasteiger partial charge in [-0.1, -0.05) is 31.4 Å². The fourth-order valence-electron chi connectivity index (χ4n) is 2.78. The van der Waals surface area contributed by atoms with Gasteiger partial charge in [0.2, 0.25) is 0 Å². The fraction of sp³-hybridized carbons (Fsp3) is 0.769. The molecule has 0 amide bonds. The molecule has 17 heavy (non-hydrogen) atoms. The van der Waals surface area contributed by atoms with Gasteiger partial charge >= 0.3 is 0 Å². The third-order valence-corrected chi connectivity index (χ3v) is 4.25. The highest BCUT2D eigenvalue weighted by Gasteiger charge is 2.32. The van der Waals surface area contributed by atoms with Crippen LogP contribution in [0.3, 0.4) is 0 Å². The van der Waals surface area contributed by atoms with Crippen molar-refractivity contribution in [2.45, 2.75) is 64.5 Å². The normalized spacial score (nSPS) is 18.8. The molecule has 1 aliphatic carbocycles. The molecule has 0 aliphatic heterocycles. The summed E-state index contributed by atoms with van der Waals surface area (Å²) in [6.07, 6.45) is 6.46. The van der Waals surface area contributed by atoms with Gasteiger partial charge in [-0.2, -0.15) is 5.10 Å². The molecule has 0 saturated heterocycles. The predicted octanol–water partition coefficient (Wildman–Crippen LogP) is 2.93. The summed E-state index contributed by atoms with van der Waals surface area (Å²) in [6.45, 7) is 5.06. The first-order valence-electron chi connectivity index (χ1n) is 6.62. The zero-order valence-corrected chi connectivity index (χ0v) is 11.6. The summed E-state index contributed by atoms with van der Waals surface area (Å²) in [5.74, 6) is 0. The van der Waals surface area contributed by atoms with Gasteiger partial charge in [0, 0.05) is 18.5 Å². The molecule has 0 radical (unpaired) electrons. The van der Waals surface area contributed by atoms with Gasteiger partial charge in [-0.15, -0.1) is 0 Å². The summed E-state index contributed by atoms with van der Waals surface area (Å²) in [4.78, 5) is 0. The Morgan fingerprint density at radius 3 is 2.53 bits per heavy atom. The van der Waals surface area contributed by atoms with Gasteiger partial charge < -0.3 is 5.73 Å². The summed E-state index contributed by atoms with van der Waals surface area (Å²) in [7, 11) is 0. The summed E-state index contributed by atoms with van der Waals surface area (Å²) >= 11 is 6.41. The van der Waals surface area contributed by atoms with Gasteiger partial charge in [0.15, 0.2) is 0 Å². The van der Waals surface area contributed by atoms with Crippen LogP contribution in [0.4, 0.5) is 0 Å². The van der Waals surface area contributed by atoms with Crippen LogP contribution in [-0.2, 0) is 19.4 Å². The summed E-state index contributed by atoms with van der Waals surface area (Å²) < 4.78 is 2.02. The average molecular weight is 256 g/mol. The number of rotatable bonds is 4. The van der Waals surface area contributed by atoms with Gasteiger partial charge in [0.05, 0.1) is 16.4 Å². The van der Waals surface area contributed by atoms with Gasteiger partial charge in [0.1, 0.15) is 0 Å². The number of aromatic nitrogens is 2. The van der Waals surface area contributed by atoms with Crippen LogP contribution in [0, 0.1) is 0 Å². The van der Waals surface area contributed by atoms with Crippen LogP contribution in [0.15, 0.2) is 0 Å². The van der Waals surface area contributed by atoms with Crippen LogP contribution >= 0.6 is 11.6 Å². The van der Waals surface area contributed by atoms with Crippen molar-refractivity contribution < 1.29 is 0 Å². The SMILES string of the molecule is CCc1nn(CC)c(CC2(N)CCCC2)c1Cl. The topological polar surface area (TPSA) is 43.8 Å². The number of nitrogens with two attached hydrogens (primary N) is 1. The van der Waals surface area contributed by atoms with Crippen molar-refractivity contribution in [2.24, 2.45) is 5.73 Å². The lowest BCUT2D eigenvalue weighted by molar-refractivity contribution is 0.419. The maximum Gasteiger partial charge on any atom is 0.0850 e. The maximum atomic E-state index is 6.43. The molecule has 1 aromatic heterocycles. The number of halogens is 1. The van der Waals surface area contributed by atoms with E-state index >= 15 is 0 Å². The van der Waals surface area contributed by atoms with Crippen LogP contribution in [0.1, 0.15) is 50.9 Å². The molecule has 1 heterocycles. The minimum atomic E-state index is -0.0540. The lowest BCUT2D eigenvalue weighted by atomic mass is 9.92. The van der Waals surface area contributed by atoms with Crippen molar-refractivity contribution in [3.05, 3.63) is 16.4 Å². The Balaban J connectivity index is 2.27. The van der Waals surface area contributed by atoms with Gasteiger partial charge in [-0.05, 0) is 26.2 Å². The molecule has 96 valence electrons. The van der Waals surface area contributed by atoms with Crippen molar-refractivity contribution in [2.75, 3.05) is 0 Å². The van der Waals surface area contributed by atoms with E-state index in [1.165, 1.54) is 12.8 Å². The second-order valence-corrected chi connectivity index (χ2v) is 5.50. The van der Waals surface area contributed by atoms with Crippen molar-refractivity contribution in [3.8, 4) is 0 Å². The van der Waals surface area contributed by atoms with E-state index in [0.29, 0.717) is 0 Å². The van der Waals surface area contributed by atoms with E-state index in [1.807, 2.05) is 4.68 Å². The first kappa shape index (κ1) is 12.9. The average Bonchev–Trinajstić information content (AvgIpc) is 2.86. The minimum Gasteiger partial charge on any atom is -0.325 e. The van der Waals surface area contributed by atoms with E-state index in [-0.39, 0.29) is 5.54 Å². The minimum absolute atomic E-state index is 0.0540. The molecule has 0 bridgehead atoms. The summed E-state index contributed by atoms with van der Waals surface area (Å²) in [5.41, 5.74) is 8.52. The van der Waals surface area contributed by atoms with Crippen molar-refractivity contribution in [3.63, 3.8) is 0 Å². The highest BCUT2D eigenvalue weighted by atomic mass is 35.5. The maximum absolute atomic E-state index is 6.43. The van der Waals surface area contributed by atoms with Gasteiger partial charge in [0.25, 0.3) is 0 Å². The molecule has 1 fully saturated rings. The van der Waals surface area contributed by atoms with E-state index in [9.17, 15) is 0 Å². The molecule has 0 aromatic carbocycles. The molecule has 0 unspecified atom stereocenters. The molecule has 1 saturated carbocycles. The Morgan fingerprint density at radius 1 is 1.35 bits per heavy atom. The highest BCUT2D eigenvalue weighted by Crippen LogP contribution is 2.33. The van der Waals surface area contributed by atoms with Crippen LogP contribution in [0.25, 0.3) is 0 Å². The number of aryl methyl sites for hydroxylation is 2. The van der Waals surface area contributed by atoms with Crippen LogP contribution in [0.5, 0.6) is 0 Å². The highest BCUT2D eigenvalue weighted by molar-refractivity contribution is 6.31. The third-order valence-electron chi connectivity index (χ3n) is 3.81. The third kappa shape index (κ3) is 2.50. The van der Waals surface area contributed by atoms with E-state index in [2.05, 4.69) is 18.9 Å². The predicted molar refractivity (Wildman–Crippen MR) is 71.4 cm³/mol. The molecule has 1 aliphatic rings. The first-order valence-corrected chi connectivity index (χ1v) is 7.00. The molecular weight excluding hydrogens is 234 g/mol. The molecular formula is C13H22ClN3.